The van der Waals surface area contributed by atoms with E-state index in [1.807, 2.05) is 69.3 Å². The van der Waals surface area contributed by atoms with Crippen LogP contribution < -0.4 is 4.74 Å². The van der Waals surface area contributed by atoms with Gasteiger partial charge in [0.25, 0.3) is 5.89 Å². The van der Waals surface area contributed by atoms with E-state index in [-0.39, 0.29) is 0 Å². The maximum atomic E-state index is 5.89. The molecule has 0 amide bonds. The molecule has 0 aliphatic heterocycles. The maximum Gasteiger partial charge on any atom is 0.280 e. The number of benzene rings is 2. The Kier molecular flexibility index (Phi) is 5.21. The molecule has 0 N–H and O–H groups in total. The number of methoxy groups -OCH3 is 1. The highest BCUT2D eigenvalue weighted by Gasteiger charge is 2.20. The minimum absolute atomic E-state index is 0.325. The average Bonchev–Trinajstić information content (AvgIpc) is 3.54. The zero-order chi connectivity index (χ0) is 22.9. The second-order valence-corrected chi connectivity index (χ2v) is 7.72. The van der Waals surface area contributed by atoms with Gasteiger partial charge in [0.15, 0.2) is 5.69 Å². The summed E-state index contributed by atoms with van der Waals surface area (Å²) in [5, 5.41) is 12.6. The van der Waals surface area contributed by atoms with Crippen molar-refractivity contribution in [2.75, 3.05) is 7.11 Å². The van der Waals surface area contributed by atoms with Gasteiger partial charge in [-0.1, -0.05) is 34.1 Å². The predicted molar refractivity (Wildman–Crippen MR) is 121 cm³/mol. The van der Waals surface area contributed by atoms with Crippen molar-refractivity contribution in [3.8, 4) is 40.2 Å². The Morgan fingerprint density at radius 1 is 0.939 bits per heavy atom. The van der Waals surface area contributed by atoms with Crippen molar-refractivity contribution in [3.63, 3.8) is 0 Å². The molecule has 9 heteroatoms. The van der Waals surface area contributed by atoms with Gasteiger partial charge in [0.1, 0.15) is 17.2 Å². The van der Waals surface area contributed by atoms with Gasteiger partial charge in [-0.15, -0.1) is 5.10 Å². The topological polar surface area (TPSA) is 105 Å². The van der Waals surface area contributed by atoms with Gasteiger partial charge >= 0.3 is 0 Å². The number of hydrogen-bond acceptors (Lipinski definition) is 8. The van der Waals surface area contributed by atoms with E-state index in [0.717, 1.165) is 39.6 Å². The molecule has 2 aromatic carbocycles. The van der Waals surface area contributed by atoms with Crippen LogP contribution >= 0.6 is 0 Å². The lowest BCUT2D eigenvalue weighted by Crippen LogP contribution is -2.05. The average molecular weight is 442 g/mol. The minimum atomic E-state index is 0.325. The first kappa shape index (κ1) is 20.6. The first-order valence-electron chi connectivity index (χ1n) is 10.4. The van der Waals surface area contributed by atoms with Gasteiger partial charge in [-0.05, 0) is 51.1 Å². The van der Waals surface area contributed by atoms with E-state index in [9.17, 15) is 0 Å². The number of nitrogens with zero attached hydrogens (tertiary/aromatic N) is 6. The molecule has 5 aromatic rings. The van der Waals surface area contributed by atoms with Gasteiger partial charge in [0, 0.05) is 11.1 Å². The van der Waals surface area contributed by atoms with Gasteiger partial charge in [-0.2, -0.15) is 4.98 Å². The molecule has 3 heterocycles. The number of hydrogen-bond donors (Lipinski definition) is 0. The van der Waals surface area contributed by atoms with Crippen molar-refractivity contribution in [2.24, 2.45) is 0 Å². The summed E-state index contributed by atoms with van der Waals surface area (Å²) in [4.78, 5) is 9.17. The fourth-order valence-corrected chi connectivity index (χ4v) is 3.50. The van der Waals surface area contributed by atoms with Crippen LogP contribution in [0.25, 0.3) is 34.4 Å². The zero-order valence-corrected chi connectivity index (χ0v) is 18.7. The molecule has 0 saturated heterocycles. The standard InChI is InChI=1S/C24H22N6O3/c1-14-6-5-7-18(12-14)22-26-24(33-28-22)21-15(2)30(29-27-21)13-20-16(3)32-23(25-20)17-8-10-19(31-4)11-9-17/h5-12H,13H2,1-4H3. The molecule has 0 fully saturated rings. The van der Waals surface area contributed by atoms with Crippen LogP contribution in [-0.4, -0.2) is 37.2 Å². The Balaban J connectivity index is 1.38. The van der Waals surface area contributed by atoms with E-state index >= 15 is 0 Å². The van der Waals surface area contributed by atoms with Crippen LogP contribution in [0.1, 0.15) is 22.7 Å². The van der Waals surface area contributed by atoms with Crippen molar-refractivity contribution >= 4 is 0 Å². The Labute approximate surface area is 190 Å². The van der Waals surface area contributed by atoms with Crippen LogP contribution in [0.2, 0.25) is 0 Å². The first-order chi connectivity index (χ1) is 16.0. The second kappa shape index (κ2) is 8.34. The number of rotatable bonds is 6. The summed E-state index contributed by atoms with van der Waals surface area (Å²) in [5.41, 5.74) is 4.99. The molecule has 166 valence electrons. The molecule has 0 aliphatic carbocycles. The molecule has 3 aromatic heterocycles. The van der Waals surface area contributed by atoms with E-state index in [1.54, 1.807) is 11.8 Å². The number of aromatic nitrogens is 6. The van der Waals surface area contributed by atoms with E-state index in [1.165, 1.54) is 0 Å². The summed E-state index contributed by atoms with van der Waals surface area (Å²) >= 11 is 0. The molecule has 0 spiro atoms. The lowest BCUT2D eigenvalue weighted by Gasteiger charge is -2.01. The van der Waals surface area contributed by atoms with E-state index in [2.05, 4.69) is 25.4 Å². The van der Waals surface area contributed by atoms with Crippen LogP contribution in [0.5, 0.6) is 5.75 Å². The predicted octanol–water partition coefficient (Wildman–Crippen LogP) is 4.63. The largest absolute Gasteiger partial charge is 0.497 e. The highest BCUT2D eigenvalue weighted by Crippen LogP contribution is 2.26. The molecule has 0 radical (unpaired) electrons. The first-order valence-corrected chi connectivity index (χ1v) is 10.4. The van der Waals surface area contributed by atoms with Crippen molar-refractivity contribution in [2.45, 2.75) is 27.3 Å². The molecule has 9 nitrogen and oxygen atoms in total. The van der Waals surface area contributed by atoms with Crippen LogP contribution in [0.4, 0.5) is 0 Å². The molecule has 0 atom stereocenters. The molecule has 0 saturated carbocycles. The normalized spacial score (nSPS) is 11.2. The fraction of sp³-hybridized carbons (Fsp3) is 0.208. The Bertz CT molecular complexity index is 1410. The summed E-state index contributed by atoms with van der Waals surface area (Å²) < 4.78 is 18.3. The Morgan fingerprint density at radius 3 is 2.52 bits per heavy atom. The van der Waals surface area contributed by atoms with Crippen LogP contribution in [0.3, 0.4) is 0 Å². The van der Waals surface area contributed by atoms with Crippen molar-refractivity contribution in [1.29, 1.82) is 0 Å². The van der Waals surface area contributed by atoms with Crippen molar-refractivity contribution < 1.29 is 13.7 Å². The van der Waals surface area contributed by atoms with Gasteiger partial charge in [-0.3, -0.25) is 0 Å². The van der Waals surface area contributed by atoms with Crippen molar-refractivity contribution in [3.05, 3.63) is 71.2 Å². The SMILES string of the molecule is COc1ccc(-c2nc(Cn3nnc(-c4nc(-c5cccc(C)c5)no4)c3C)c(C)o2)cc1. The van der Waals surface area contributed by atoms with Crippen LogP contribution in [0.15, 0.2) is 57.5 Å². The smallest absolute Gasteiger partial charge is 0.280 e. The quantitative estimate of drug-likeness (QED) is 0.375. The summed E-state index contributed by atoms with van der Waals surface area (Å²) in [6.07, 6.45) is 0. The molecule has 5 rings (SSSR count). The molecule has 0 unspecified atom stereocenters. The highest BCUT2D eigenvalue weighted by molar-refractivity contribution is 5.59. The third-order valence-corrected chi connectivity index (χ3v) is 5.42. The lowest BCUT2D eigenvalue weighted by atomic mass is 10.1. The van der Waals surface area contributed by atoms with Crippen LogP contribution in [-0.2, 0) is 6.54 Å². The Morgan fingerprint density at radius 2 is 1.76 bits per heavy atom. The number of ether oxygens (including phenoxy) is 1. The fourth-order valence-electron chi connectivity index (χ4n) is 3.50. The summed E-state index contributed by atoms with van der Waals surface area (Å²) in [5.74, 6) is 2.88. The second-order valence-electron chi connectivity index (χ2n) is 7.72. The van der Waals surface area contributed by atoms with Crippen molar-refractivity contribution in [1.82, 2.24) is 30.1 Å². The molecule has 33 heavy (non-hydrogen) atoms. The lowest BCUT2D eigenvalue weighted by molar-refractivity contribution is 0.415. The number of aryl methyl sites for hydroxylation is 2. The summed E-state index contributed by atoms with van der Waals surface area (Å²) in [6, 6.07) is 15.5. The molecular formula is C24H22N6O3. The van der Waals surface area contributed by atoms with E-state index < -0.39 is 0 Å². The summed E-state index contributed by atoms with van der Waals surface area (Å²) in [6.45, 7) is 6.22. The van der Waals surface area contributed by atoms with Gasteiger partial charge < -0.3 is 13.7 Å². The van der Waals surface area contributed by atoms with E-state index in [0.29, 0.717) is 29.8 Å². The highest BCUT2D eigenvalue weighted by atomic mass is 16.5. The summed E-state index contributed by atoms with van der Waals surface area (Å²) in [7, 11) is 1.63. The number of oxazole rings is 1. The van der Waals surface area contributed by atoms with Gasteiger partial charge in [-0.25, -0.2) is 9.67 Å². The Hall–Kier alpha value is -4.27. The third kappa shape index (κ3) is 4.00. The maximum absolute atomic E-state index is 5.89. The van der Waals surface area contributed by atoms with Gasteiger partial charge in [0.2, 0.25) is 11.7 Å². The van der Waals surface area contributed by atoms with Crippen LogP contribution in [0, 0.1) is 20.8 Å². The monoisotopic (exact) mass is 442 g/mol. The minimum Gasteiger partial charge on any atom is -0.497 e. The molecule has 0 bridgehead atoms. The zero-order valence-electron chi connectivity index (χ0n) is 18.7. The van der Waals surface area contributed by atoms with Gasteiger partial charge in [0.05, 0.1) is 19.3 Å². The third-order valence-electron chi connectivity index (χ3n) is 5.42. The molecular weight excluding hydrogens is 420 g/mol. The molecule has 0 aliphatic rings. The van der Waals surface area contributed by atoms with E-state index in [4.69, 9.17) is 13.7 Å².